The number of nitrogens with zero attached hydrogens (tertiary/aromatic N) is 2. The standard InChI is InChI=1S/C20H30N4O6/c1-11(13-9-29-21-18(13)26)12(2)17(25)14-5-3-8-24(14)20(28)15-6-4-7-23(15)16-10-30-22-19(16)27/h11-16H,3-10H2,1-2H3,(H,21,26)(H,22,27). The van der Waals surface area contributed by atoms with Crippen LogP contribution in [0, 0.1) is 17.8 Å². The molecule has 4 aliphatic rings. The van der Waals surface area contributed by atoms with Crippen LogP contribution in [0.1, 0.15) is 39.5 Å². The van der Waals surface area contributed by atoms with Gasteiger partial charge in [-0.2, -0.15) is 0 Å². The summed E-state index contributed by atoms with van der Waals surface area (Å²) in [5.41, 5.74) is 4.71. The third-order valence-corrected chi connectivity index (χ3v) is 7.21. The lowest BCUT2D eigenvalue weighted by molar-refractivity contribution is -0.144. The predicted molar refractivity (Wildman–Crippen MR) is 103 cm³/mol. The quantitative estimate of drug-likeness (QED) is 0.586. The van der Waals surface area contributed by atoms with Crippen molar-refractivity contribution in [2.45, 2.75) is 57.7 Å². The van der Waals surface area contributed by atoms with Gasteiger partial charge in [-0.15, -0.1) is 0 Å². The van der Waals surface area contributed by atoms with Crippen molar-refractivity contribution < 1.29 is 28.9 Å². The molecule has 0 saturated carbocycles. The maximum atomic E-state index is 13.4. The Morgan fingerprint density at radius 2 is 1.63 bits per heavy atom. The number of rotatable bonds is 6. The van der Waals surface area contributed by atoms with Gasteiger partial charge in [-0.3, -0.25) is 33.8 Å². The van der Waals surface area contributed by atoms with Crippen molar-refractivity contribution in [3.05, 3.63) is 0 Å². The maximum absolute atomic E-state index is 13.4. The van der Waals surface area contributed by atoms with E-state index in [1.165, 1.54) is 0 Å². The van der Waals surface area contributed by atoms with Crippen LogP contribution in [-0.2, 0) is 28.9 Å². The molecule has 6 unspecified atom stereocenters. The molecular formula is C20H30N4O6. The summed E-state index contributed by atoms with van der Waals surface area (Å²) < 4.78 is 0. The van der Waals surface area contributed by atoms with E-state index in [2.05, 4.69) is 11.0 Å². The summed E-state index contributed by atoms with van der Waals surface area (Å²) in [6.07, 6.45) is 2.91. The van der Waals surface area contributed by atoms with E-state index in [1.54, 1.807) is 4.90 Å². The number of hydrogen-bond donors (Lipinski definition) is 2. The van der Waals surface area contributed by atoms with Gasteiger partial charge >= 0.3 is 0 Å². The Kier molecular flexibility index (Phi) is 6.08. The first kappa shape index (κ1) is 21.2. The largest absolute Gasteiger partial charge is 0.331 e. The Bertz CT molecular complexity index is 730. The summed E-state index contributed by atoms with van der Waals surface area (Å²) in [7, 11) is 0. The first-order valence-electron chi connectivity index (χ1n) is 10.8. The Hall–Kier alpha value is -2.04. The number of hydroxylamine groups is 2. The molecule has 10 nitrogen and oxygen atoms in total. The minimum Gasteiger partial charge on any atom is -0.331 e. The molecule has 6 atom stereocenters. The lowest BCUT2D eigenvalue weighted by Crippen LogP contribution is -2.54. The fourth-order valence-electron chi connectivity index (χ4n) is 5.18. The summed E-state index contributed by atoms with van der Waals surface area (Å²) in [4.78, 5) is 64.4. The normalized spacial score (nSPS) is 34.1. The minimum atomic E-state index is -0.476. The highest BCUT2D eigenvalue weighted by atomic mass is 16.7. The van der Waals surface area contributed by atoms with Crippen LogP contribution in [0.25, 0.3) is 0 Å². The highest BCUT2D eigenvalue weighted by molar-refractivity contribution is 5.93. The topological polar surface area (TPSA) is 117 Å². The zero-order chi connectivity index (χ0) is 21.4. The molecule has 0 bridgehead atoms. The fraction of sp³-hybridized carbons (Fsp3) is 0.800. The van der Waals surface area contributed by atoms with Gasteiger partial charge in [0.05, 0.1) is 31.2 Å². The zero-order valence-electron chi connectivity index (χ0n) is 17.5. The Morgan fingerprint density at radius 1 is 0.967 bits per heavy atom. The number of likely N-dealkylation sites (tertiary alicyclic amines) is 2. The average Bonchev–Trinajstić information content (AvgIpc) is 3.51. The molecule has 166 valence electrons. The van der Waals surface area contributed by atoms with E-state index in [0.29, 0.717) is 25.9 Å². The van der Waals surface area contributed by atoms with Crippen molar-refractivity contribution in [1.29, 1.82) is 0 Å². The molecule has 2 N–H and O–H groups in total. The average molecular weight is 422 g/mol. The number of hydrogen-bond acceptors (Lipinski definition) is 7. The summed E-state index contributed by atoms with van der Waals surface area (Å²) in [5.74, 6) is -1.40. The second-order valence-corrected chi connectivity index (χ2v) is 8.81. The van der Waals surface area contributed by atoms with Gasteiger partial charge in [0.25, 0.3) is 5.91 Å². The lowest BCUT2D eigenvalue weighted by Gasteiger charge is -2.34. The second-order valence-electron chi connectivity index (χ2n) is 8.81. The van der Waals surface area contributed by atoms with Gasteiger partial charge in [0.1, 0.15) is 6.04 Å². The molecule has 0 aromatic rings. The van der Waals surface area contributed by atoms with Crippen molar-refractivity contribution in [2.24, 2.45) is 17.8 Å². The molecule has 4 rings (SSSR count). The number of carbonyl (C=O) groups is 4. The van der Waals surface area contributed by atoms with E-state index in [9.17, 15) is 19.2 Å². The number of nitrogens with one attached hydrogen (secondary N) is 2. The Labute approximate surface area is 175 Å². The van der Waals surface area contributed by atoms with Crippen LogP contribution in [0.4, 0.5) is 0 Å². The molecule has 4 aliphatic heterocycles. The van der Waals surface area contributed by atoms with E-state index in [-0.39, 0.29) is 54.5 Å². The van der Waals surface area contributed by atoms with Crippen LogP contribution in [0.2, 0.25) is 0 Å². The number of amides is 3. The third kappa shape index (κ3) is 3.72. The third-order valence-electron chi connectivity index (χ3n) is 7.21. The van der Waals surface area contributed by atoms with Crippen molar-refractivity contribution in [1.82, 2.24) is 20.8 Å². The molecule has 0 aromatic carbocycles. The molecule has 4 saturated heterocycles. The minimum absolute atomic E-state index is 0.000426. The lowest BCUT2D eigenvalue weighted by atomic mass is 9.79. The van der Waals surface area contributed by atoms with Crippen molar-refractivity contribution in [3.8, 4) is 0 Å². The molecule has 10 heteroatoms. The first-order chi connectivity index (χ1) is 14.4. The fourth-order valence-corrected chi connectivity index (χ4v) is 5.18. The molecule has 0 radical (unpaired) electrons. The summed E-state index contributed by atoms with van der Waals surface area (Å²) in [5, 5.41) is 0. The van der Waals surface area contributed by atoms with Gasteiger partial charge in [-0.25, -0.2) is 11.0 Å². The maximum Gasteiger partial charge on any atom is 0.263 e. The van der Waals surface area contributed by atoms with Crippen LogP contribution in [0.3, 0.4) is 0 Å². The first-order valence-corrected chi connectivity index (χ1v) is 10.8. The molecule has 4 heterocycles. The highest BCUT2D eigenvalue weighted by Gasteiger charge is 2.47. The number of carbonyl (C=O) groups excluding carboxylic acids is 4. The molecule has 30 heavy (non-hydrogen) atoms. The SMILES string of the molecule is CC(C(=O)C1CCCN1C(=O)C1CCCN1C1CONC1=O)C(C)C1CONC1=O. The van der Waals surface area contributed by atoms with E-state index in [1.807, 2.05) is 18.7 Å². The highest BCUT2D eigenvalue weighted by Crippen LogP contribution is 2.31. The smallest absolute Gasteiger partial charge is 0.263 e. The molecule has 3 amide bonds. The van der Waals surface area contributed by atoms with Crippen molar-refractivity contribution in [2.75, 3.05) is 26.3 Å². The van der Waals surface area contributed by atoms with Crippen LogP contribution < -0.4 is 11.0 Å². The van der Waals surface area contributed by atoms with Crippen LogP contribution in [0.15, 0.2) is 0 Å². The monoisotopic (exact) mass is 422 g/mol. The number of Topliss-reactive ketones (excluding diaryl/α,β-unsaturated/α-hetero) is 1. The van der Waals surface area contributed by atoms with Gasteiger partial charge in [-0.05, 0) is 38.1 Å². The van der Waals surface area contributed by atoms with E-state index in [0.717, 1.165) is 12.8 Å². The van der Waals surface area contributed by atoms with Crippen LogP contribution in [-0.4, -0.2) is 77.7 Å². The Morgan fingerprint density at radius 3 is 2.30 bits per heavy atom. The molecule has 0 aliphatic carbocycles. The summed E-state index contributed by atoms with van der Waals surface area (Å²) in [6.45, 7) is 5.41. The van der Waals surface area contributed by atoms with Crippen molar-refractivity contribution in [3.63, 3.8) is 0 Å². The van der Waals surface area contributed by atoms with Gasteiger partial charge in [-0.1, -0.05) is 13.8 Å². The summed E-state index contributed by atoms with van der Waals surface area (Å²) >= 11 is 0. The molecule has 4 fully saturated rings. The molecular weight excluding hydrogens is 392 g/mol. The van der Waals surface area contributed by atoms with Gasteiger partial charge in [0, 0.05) is 12.5 Å². The van der Waals surface area contributed by atoms with Crippen LogP contribution in [0.5, 0.6) is 0 Å². The van der Waals surface area contributed by atoms with E-state index in [4.69, 9.17) is 9.68 Å². The Balaban J connectivity index is 1.44. The molecule has 0 spiro atoms. The number of ketones is 1. The van der Waals surface area contributed by atoms with E-state index >= 15 is 0 Å². The predicted octanol–water partition coefficient (Wildman–Crippen LogP) is -0.609. The van der Waals surface area contributed by atoms with Crippen LogP contribution >= 0.6 is 0 Å². The van der Waals surface area contributed by atoms with Crippen molar-refractivity contribution >= 4 is 23.5 Å². The van der Waals surface area contributed by atoms with Gasteiger partial charge < -0.3 is 4.90 Å². The zero-order valence-corrected chi connectivity index (χ0v) is 17.5. The van der Waals surface area contributed by atoms with E-state index < -0.39 is 18.1 Å². The van der Waals surface area contributed by atoms with Gasteiger partial charge in [0.15, 0.2) is 5.78 Å². The van der Waals surface area contributed by atoms with Gasteiger partial charge in [0.2, 0.25) is 11.8 Å². The molecule has 0 aromatic heterocycles. The summed E-state index contributed by atoms with van der Waals surface area (Å²) in [6, 6.07) is -1.34. The second kappa shape index (κ2) is 8.60.